The molecule has 0 N–H and O–H groups in total. The predicted octanol–water partition coefficient (Wildman–Crippen LogP) is 6.32. The van der Waals surface area contributed by atoms with Gasteiger partial charge in [-0.25, -0.2) is 0 Å². The van der Waals surface area contributed by atoms with E-state index in [-0.39, 0.29) is 17.3 Å². The lowest BCUT2D eigenvalue weighted by Gasteiger charge is -2.37. The van der Waals surface area contributed by atoms with Gasteiger partial charge in [0.25, 0.3) is 0 Å². The number of anilines is 1. The monoisotopic (exact) mass is 525 g/mol. The Hall–Kier alpha value is -4.77. The molecule has 0 amide bonds. The number of hydrogen-bond donors (Lipinski definition) is 0. The zero-order chi connectivity index (χ0) is 27.6. The molecule has 7 rings (SSSR count). The number of rotatable bonds is 4. The lowest BCUT2D eigenvalue weighted by molar-refractivity contribution is 0.0666. The van der Waals surface area contributed by atoms with Crippen LogP contribution in [0.2, 0.25) is 0 Å². The second-order valence-corrected chi connectivity index (χ2v) is 10.8. The van der Waals surface area contributed by atoms with E-state index in [0.29, 0.717) is 22.4 Å². The van der Waals surface area contributed by atoms with Crippen molar-refractivity contribution < 1.29 is 19.1 Å². The van der Waals surface area contributed by atoms with Gasteiger partial charge in [-0.15, -0.1) is 0 Å². The maximum atomic E-state index is 14.6. The van der Waals surface area contributed by atoms with Gasteiger partial charge in [0.1, 0.15) is 17.2 Å². The predicted molar refractivity (Wildman–Crippen MR) is 154 cm³/mol. The van der Waals surface area contributed by atoms with Crippen molar-refractivity contribution in [2.24, 2.45) is 5.41 Å². The number of para-hydroxylation sites is 1. The van der Waals surface area contributed by atoms with Crippen LogP contribution < -0.4 is 9.64 Å². The maximum Gasteiger partial charge on any atom is 0.185 e. The average molecular weight is 526 g/mol. The largest absolute Gasteiger partial charge is 0.497 e. The fourth-order valence-corrected chi connectivity index (χ4v) is 6.99. The molecule has 196 valence electrons. The van der Waals surface area contributed by atoms with E-state index < -0.39 is 23.4 Å². The van der Waals surface area contributed by atoms with Crippen molar-refractivity contribution in [2.75, 3.05) is 12.0 Å². The molecule has 0 bridgehead atoms. The Balaban J connectivity index is 1.53. The fourth-order valence-electron chi connectivity index (χ4n) is 6.99. The highest BCUT2D eigenvalue weighted by atomic mass is 16.5. The Bertz CT molecular complexity index is 1680. The van der Waals surface area contributed by atoms with Gasteiger partial charge < -0.3 is 9.64 Å². The molecule has 0 saturated carbocycles. The standard InChI is InChI=1S/C35H27NO4/c1-21-11-13-24(14-12-21)32(37)31-30(23-15-18-25(40-2)19-16-23)35(33(38)26-8-4-5-9-27(26)34(35)39)29-20-17-22-7-3-6-10-28(22)36(29)31/h3-20,29-31H,1-2H3/t29-,30+,31+/m1/s1. The smallest absolute Gasteiger partial charge is 0.185 e. The topological polar surface area (TPSA) is 63.7 Å². The Kier molecular flexibility index (Phi) is 5.39. The normalized spacial score (nSPS) is 21.8. The van der Waals surface area contributed by atoms with E-state index in [1.165, 1.54) is 0 Å². The zero-order valence-corrected chi connectivity index (χ0v) is 22.2. The third-order valence-corrected chi connectivity index (χ3v) is 8.79. The van der Waals surface area contributed by atoms with Gasteiger partial charge in [0.05, 0.1) is 13.2 Å². The second kappa shape index (κ2) is 8.88. The molecule has 3 aliphatic rings. The van der Waals surface area contributed by atoms with E-state index in [1.807, 2.05) is 96.8 Å². The van der Waals surface area contributed by atoms with E-state index in [9.17, 15) is 14.4 Å². The highest BCUT2D eigenvalue weighted by molar-refractivity contribution is 6.32. The summed E-state index contributed by atoms with van der Waals surface area (Å²) in [5.74, 6) is -0.656. The molecule has 1 fully saturated rings. The zero-order valence-electron chi connectivity index (χ0n) is 22.2. The summed E-state index contributed by atoms with van der Waals surface area (Å²) in [6.07, 6.45) is 3.93. The van der Waals surface area contributed by atoms with Gasteiger partial charge in [-0.2, -0.15) is 0 Å². The van der Waals surface area contributed by atoms with Gasteiger partial charge in [0.2, 0.25) is 0 Å². The number of benzene rings is 4. The minimum absolute atomic E-state index is 0.121. The summed E-state index contributed by atoms with van der Waals surface area (Å²) in [4.78, 5) is 46.0. The lowest BCUT2D eigenvalue weighted by Crippen LogP contribution is -2.48. The Morgan fingerprint density at radius 3 is 2.08 bits per heavy atom. The number of carbonyl (C=O) groups is 3. The molecule has 0 unspecified atom stereocenters. The molecule has 4 aromatic carbocycles. The number of ether oxygens (including phenoxy) is 1. The van der Waals surface area contributed by atoms with Crippen LogP contribution in [-0.4, -0.2) is 36.5 Å². The van der Waals surface area contributed by atoms with Crippen LogP contribution in [0.4, 0.5) is 5.69 Å². The third-order valence-electron chi connectivity index (χ3n) is 8.79. The molecule has 0 radical (unpaired) electrons. The van der Waals surface area contributed by atoms with Gasteiger partial charge in [-0.1, -0.05) is 96.6 Å². The van der Waals surface area contributed by atoms with Crippen molar-refractivity contribution in [1.29, 1.82) is 0 Å². The van der Waals surface area contributed by atoms with Gasteiger partial charge >= 0.3 is 0 Å². The van der Waals surface area contributed by atoms with Gasteiger partial charge in [0.15, 0.2) is 17.3 Å². The molecule has 1 aliphatic carbocycles. The summed E-state index contributed by atoms with van der Waals surface area (Å²) < 4.78 is 5.42. The summed E-state index contributed by atoms with van der Waals surface area (Å²) in [5, 5.41) is 0. The first-order valence-corrected chi connectivity index (χ1v) is 13.5. The maximum absolute atomic E-state index is 14.6. The highest BCUT2D eigenvalue weighted by Gasteiger charge is 2.71. The summed E-state index contributed by atoms with van der Waals surface area (Å²) in [6.45, 7) is 1.98. The molecule has 5 nitrogen and oxygen atoms in total. The van der Waals surface area contributed by atoms with E-state index in [2.05, 4.69) is 0 Å². The number of aryl methyl sites for hydroxylation is 1. The van der Waals surface area contributed by atoms with Gasteiger partial charge in [0, 0.05) is 28.3 Å². The number of fused-ring (bicyclic) bond motifs is 5. The van der Waals surface area contributed by atoms with Crippen LogP contribution in [0, 0.1) is 12.3 Å². The molecular weight excluding hydrogens is 498 g/mol. The van der Waals surface area contributed by atoms with Gasteiger partial charge in [-0.05, 0) is 36.2 Å². The minimum Gasteiger partial charge on any atom is -0.497 e. The van der Waals surface area contributed by atoms with Crippen molar-refractivity contribution in [3.05, 3.63) is 137 Å². The van der Waals surface area contributed by atoms with Crippen LogP contribution in [0.25, 0.3) is 6.08 Å². The Morgan fingerprint density at radius 2 is 1.43 bits per heavy atom. The minimum atomic E-state index is -1.51. The number of nitrogens with zero attached hydrogens (tertiary/aromatic N) is 1. The molecule has 3 atom stereocenters. The number of carbonyl (C=O) groups excluding carboxylic acids is 3. The third kappa shape index (κ3) is 3.18. The molecule has 40 heavy (non-hydrogen) atoms. The van der Waals surface area contributed by atoms with Crippen molar-refractivity contribution in [1.82, 2.24) is 0 Å². The summed E-state index contributed by atoms with van der Waals surface area (Å²) in [6, 6.07) is 28.4. The fraction of sp³-hybridized carbons (Fsp3) is 0.171. The molecule has 2 aliphatic heterocycles. The molecule has 0 aromatic heterocycles. The summed E-state index contributed by atoms with van der Waals surface area (Å²) in [5.41, 5.74) is 3.46. The molecule has 2 heterocycles. The van der Waals surface area contributed by atoms with Crippen LogP contribution in [0.15, 0.2) is 103 Å². The van der Waals surface area contributed by atoms with Crippen molar-refractivity contribution in [2.45, 2.75) is 24.9 Å². The van der Waals surface area contributed by atoms with E-state index in [0.717, 1.165) is 22.4 Å². The molecule has 1 spiro atoms. The quantitative estimate of drug-likeness (QED) is 0.231. The highest BCUT2D eigenvalue weighted by Crippen LogP contribution is 2.61. The summed E-state index contributed by atoms with van der Waals surface area (Å²) >= 11 is 0. The number of hydrogen-bond acceptors (Lipinski definition) is 5. The van der Waals surface area contributed by atoms with Crippen LogP contribution in [0.3, 0.4) is 0 Å². The first-order valence-electron chi connectivity index (χ1n) is 13.5. The van der Waals surface area contributed by atoms with E-state index in [1.54, 1.807) is 31.4 Å². The Morgan fingerprint density at radius 1 is 0.800 bits per heavy atom. The van der Waals surface area contributed by atoms with Crippen molar-refractivity contribution in [3.63, 3.8) is 0 Å². The van der Waals surface area contributed by atoms with Crippen LogP contribution >= 0.6 is 0 Å². The van der Waals surface area contributed by atoms with Crippen LogP contribution in [0.1, 0.15) is 53.7 Å². The van der Waals surface area contributed by atoms with Crippen LogP contribution in [0.5, 0.6) is 5.75 Å². The number of methoxy groups -OCH3 is 1. The first-order chi connectivity index (χ1) is 19.5. The molecule has 5 heteroatoms. The number of Topliss-reactive ketones (excluding diaryl/α,β-unsaturated/α-hetero) is 3. The SMILES string of the molecule is COc1ccc([C@H]2[C@@H](C(=O)c3ccc(C)cc3)N3c4ccccc4C=C[C@@H]3C23C(=O)c2ccccc2C3=O)cc1. The number of ketones is 3. The first kappa shape index (κ1) is 24.3. The lowest BCUT2D eigenvalue weighted by atomic mass is 9.64. The second-order valence-electron chi connectivity index (χ2n) is 10.8. The molecular formula is C35H27NO4. The molecule has 4 aromatic rings. The van der Waals surface area contributed by atoms with Crippen molar-refractivity contribution >= 4 is 29.1 Å². The molecule has 1 saturated heterocycles. The van der Waals surface area contributed by atoms with Crippen molar-refractivity contribution in [3.8, 4) is 5.75 Å². The van der Waals surface area contributed by atoms with E-state index >= 15 is 0 Å². The summed E-state index contributed by atoms with van der Waals surface area (Å²) in [7, 11) is 1.60. The van der Waals surface area contributed by atoms with Crippen LogP contribution in [-0.2, 0) is 0 Å². The Labute approximate surface area is 232 Å². The van der Waals surface area contributed by atoms with E-state index in [4.69, 9.17) is 4.74 Å². The van der Waals surface area contributed by atoms with Gasteiger partial charge in [-0.3, -0.25) is 14.4 Å². The average Bonchev–Trinajstić information content (AvgIpc) is 3.43.